The smallest absolute Gasteiger partial charge is 0.229 e. The third-order valence-electron chi connectivity index (χ3n) is 3.60. The molecule has 104 valence electrons. The number of benzene rings is 1. The minimum absolute atomic E-state index is 0.00467. The van der Waals surface area contributed by atoms with Crippen LogP contribution in [0.15, 0.2) is 22.7 Å². The summed E-state index contributed by atoms with van der Waals surface area (Å²) >= 11 is 3.44. The second-order valence-electron chi connectivity index (χ2n) is 5.25. The second kappa shape index (κ2) is 5.92. The number of nitrogens with zero attached hydrogens (tertiary/aromatic N) is 1. The van der Waals surface area contributed by atoms with E-state index in [0.29, 0.717) is 0 Å². The molecule has 3 N–H and O–H groups in total. The number of rotatable bonds is 3. The summed E-state index contributed by atoms with van der Waals surface area (Å²) in [5.74, 6) is -0.0276. The van der Waals surface area contributed by atoms with Gasteiger partial charge in [-0.25, -0.2) is 0 Å². The molecule has 1 amide bonds. The molecule has 0 radical (unpaired) electrons. The van der Waals surface area contributed by atoms with Gasteiger partial charge in [0.2, 0.25) is 5.91 Å². The largest absolute Gasteiger partial charge is 0.376 e. The number of hydrogen-bond acceptors (Lipinski definition) is 3. The SMILES string of the molecule is CN(C)c1ccc(Br)cc1NC(=O)C1CCCC1N. The molecule has 5 heteroatoms. The number of amides is 1. The molecule has 0 saturated heterocycles. The van der Waals surface area contributed by atoms with Crippen molar-refractivity contribution in [2.24, 2.45) is 11.7 Å². The summed E-state index contributed by atoms with van der Waals surface area (Å²) in [5.41, 5.74) is 7.79. The number of nitrogens with two attached hydrogens (primary N) is 1. The predicted molar refractivity (Wildman–Crippen MR) is 82.4 cm³/mol. The lowest BCUT2D eigenvalue weighted by Crippen LogP contribution is -2.34. The van der Waals surface area contributed by atoms with Crippen molar-refractivity contribution in [2.75, 3.05) is 24.3 Å². The van der Waals surface area contributed by atoms with Gasteiger partial charge in [-0.1, -0.05) is 22.4 Å². The standard InChI is InChI=1S/C14H20BrN3O/c1-18(2)13-7-6-9(15)8-12(13)17-14(19)10-4-3-5-11(10)16/h6-8,10-11H,3-5,16H2,1-2H3,(H,17,19). The molecule has 0 aromatic heterocycles. The third-order valence-corrected chi connectivity index (χ3v) is 4.10. The molecule has 1 aromatic carbocycles. The first-order valence-electron chi connectivity index (χ1n) is 6.52. The van der Waals surface area contributed by atoms with Gasteiger partial charge < -0.3 is 16.0 Å². The summed E-state index contributed by atoms with van der Waals surface area (Å²) in [4.78, 5) is 14.3. The summed E-state index contributed by atoms with van der Waals surface area (Å²) < 4.78 is 0.948. The molecule has 0 aliphatic heterocycles. The Morgan fingerprint density at radius 3 is 2.74 bits per heavy atom. The highest BCUT2D eigenvalue weighted by Crippen LogP contribution is 2.30. The molecule has 19 heavy (non-hydrogen) atoms. The summed E-state index contributed by atoms with van der Waals surface area (Å²) in [6.45, 7) is 0. The zero-order valence-corrected chi connectivity index (χ0v) is 12.9. The fraction of sp³-hybridized carbons (Fsp3) is 0.500. The van der Waals surface area contributed by atoms with Crippen molar-refractivity contribution in [3.63, 3.8) is 0 Å². The van der Waals surface area contributed by atoms with E-state index in [4.69, 9.17) is 5.73 Å². The number of anilines is 2. The lowest BCUT2D eigenvalue weighted by molar-refractivity contribution is -0.120. The minimum Gasteiger partial charge on any atom is -0.376 e. The molecular weight excluding hydrogens is 306 g/mol. The topological polar surface area (TPSA) is 58.4 Å². The third kappa shape index (κ3) is 3.28. The predicted octanol–water partition coefficient (Wildman–Crippen LogP) is 2.58. The van der Waals surface area contributed by atoms with Gasteiger partial charge in [0.05, 0.1) is 17.3 Å². The molecular formula is C14H20BrN3O. The van der Waals surface area contributed by atoms with Gasteiger partial charge in [0.15, 0.2) is 0 Å². The van der Waals surface area contributed by atoms with Crippen LogP contribution in [0.25, 0.3) is 0 Å². The quantitative estimate of drug-likeness (QED) is 0.898. The summed E-state index contributed by atoms with van der Waals surface area (Å²) in [5, 5.41) is 3.01. The van der Waals surface area contributed by atoms with Crippen molar-refractivity contribution in [2.45, 2.75) is 25.3 Å². The van der Waals surface area contributed by atoms with Gasteiger partial charge in [-0.15, -0.1) is 0 Å². The molecule has 0 bridgehead atoms. The van der Waals surface area contributed by atoms with E-state index in [-0.39, 0.29) is 17.9 Å². The molecule has 2 unspecified atom stereocenters. The Labute approximate surface area is 122 Å². The van der Waals surface area contributed by atoms with Crippen LogP contribution in [-0.4, -0.2) is 26.0 Å². The van der Waals surface area contributed by atoms with Crippen LogP contribution in [0.4, 0.5) is 11.4 Å². The van der Waals surface area contributed by atoms with E-state index >= 15 is 0 Å². The highest BCUT2D eigenvalue weighted by molar-refractivity contribution is 9.10. The summed E-state index contributed by atoms with van der Waals surface area (Å²) in [6.07, 6.45) is 2.87. The fourth-order valence-electron chi connectivity index (χ4n) is 2.54. The van der Waals surface area contributed by atoms with Crippen molar-refractivity contribution >= 4 is 33.2 Å². The van der Waals surface area contributed by atoms with E-state index < -0.39 is 0 Å². The van der Waals surface area contributed by atoms with E-state index in [1.807, 2.05) is 37.2 Å². The van der Waals surface area contributed by atoms with E-state index in [1.54, 1.807) is 0 Å². The first kappa shape index (κ1) is 14.3. The molecule has 2 rings (SSSR count). The van der Waals surface area contributed by atoms with Gasteiger partial charge in [-0.2, -0.15) is 0 Å². The van der Waals surface area contributed by atoms with Crippen molar-refractivity contribution in [3.05, 3.63) is 22.7 Å². The maximum atomic E-state index is 12.3. The maximum Gasteiger partial charge on any atom is 0.229 e. The van der Waals surface area contributed by atoms with Crippen LogP contribution in [0.1, 0.15) is 19.3 Å². The Kier molecular flexibility index (Phi) is 4.47. The molecule has 1 saturated carbocycles. The van der Waals surface area contributed by atoms with Crippen LogP contribution in [0.3, 0.4) is 0 Å². The number of hydrogen-bond donors (Lipinski definition) is 2. The Bertz CT molecular complexity index is 476. The molecule has 4 nitrogen and oxygen atoms in total. The number of carbonyl (C=O) groups is 1. The number of carbonyl (C=O) groups excluding carboxylic acids is 1. The number of nitrogens with one attached hydrogen (secondary N) is 1. The Morgan fingerprint density at radius 2 is 2.16 bits per heavy atom. The second-order valence-corrected chi connectivity index (χ2v) is 6.16. The van der Waals surface area contributed by atoms with Crippen molar-refractivity contribution in [1.82, 2.24) is 0 Å². The van der Waals surface area contributed by atoms with E-state index in [0.717, 1.165) is 35.1 Å². The highest BCUT2D eigenvalue weighted by Gasteiger charge is 2.30. The van der Waals surface area contributed by atoms with Gasteiger partial charge in [0, 0.05) is 24.6 Å². The van der Waals surface area contributed by atoms with Gasteiger partial charge in [0.1, 0.15) is 0 Å². The average molecular weight is 326 g/mol. The van der Waals surface area contributed by atoms with E-state index in [1.165, 1.54) is 0 Å². The molecule has 0 heterocycles. The lowest BCUT2D eigenvalue weighted by Gasteiger charge is -2.21. The van der Waals surface area contributed by atoms with Gasteiger partial charge in [-0.3, -0.25) is 4.79 Å². The van der Waals surface area contributed by atoms with Gasteiger partial charge in [0.25, 0.3) is 0 Å². The van der Waals surface area contributed by atoms with Crippen molar-refractivity contribution in [3.8, 4) is 0 Å². The number of halogens is 1. The Balaban J connectivity index is 2.18. The van der Waals surface area contributed by atoms with Crippen molar-refractivity contribution < 1.29 is 4.79 Å². The molecule has 1 fully saturated rings. The van der Waals surface area contributed by atoms with Crippen LogP contribution >= 0.6 is 15.9 Å². The molecule has 2 atom stereocenters. The van der Waals surface area contributed by atoms with Crippen LogP contribution in [0.5, 0.6) is 0 Å². The summed E-state index contributed by atoms with van der Waals surface area (Å²) in [7, 11) is 3.92. The lowest BCUT2D eigenvalue weighted by atomic mass is 10.0. The minimum atomic E-state index is -0.0611. The fourth-order valence-corrected chi connectivity index (χ4v) is 2.90. The van der Waals surface area contributed by atoms with Gasteiger partial charge >= 0.3 is 0 Å². The zero-order valence-electron chi connectivity index (χ0n) is 11.3. The van der Waals surface area contributed by atoms with Crippen LogP contribution < -0.4 is 16.0 Å². The van der Waals surface area contributed by atoms with E-state index in [2.05, 4.69) is 21.2 Å². The monoisotopic (exact) mass is 325 g/mol. The zero-order chi connectivity index (χ0) is 14.0. The van der Waals surface area contributed by atoms with Crippen molar-refractivity contribution in [1.29, 1.82) is 0 Å². The van der Waals surface area contributed by atoms with Crippen LogP contribution in [-0.2, 0) is 4.79 Å². The van der Waals surface area contributed by atoms with Crippen LogP contribution in [0, 0.1) is 5.92 Å². The average Bonchev–Trinajstić information content (AvgIpc) is 2.75. The summed E-state index contributed by atoms with van der Waals surface area (Å²) in [6, 6.07) is 5.86. The molecule has 1 aromatic rings. The Hall–Kier alpha value is -1.07. The molecule has 1 aliphatic rings. The first-order valence-corrected chi connectivity index (χ1v) is 7.31. The first-order chi connectivity index (χ1) is 8.99. The molecule has 0 spiro atoms. The van der Waals surface area contributed by atoms with Crippen LogP contribution in [0.2, 0.25) is 0 Å². The van der Waals surface area contributed by atoms with Gasteiger partial charge in [-0.05, 0) is 31.0 Å². The normalized spacial score (nSPS) is 22.3. The maximum absolute atomic E-state index is 12.3. The molecule has 1 aliphatic carbocycles. The Morgan fingerprint density at radius 1 is 1.42 bits per heavy atom. The highest BCUT2D eigenvalue weighted by atomic mass is 79.9. The van der Waals surface area contributed by atoms with E-state index in [9.17, 15) is 4.79 Å².